The topological polar surface area (TPSA) is 12.0 Å². The quantitative estimate of drug-likeness (QED) is 0.795. The molecule has 20 heavy (non-hydrogen) atoms. The van der Waals surface area contributed by atoms with E-state index in [1.54, 1.807) is 6.07 Å². The van der Waals surface area contributed by atoms with Gasteiger partial charge < -0.3 is 5.32 Å². The van der Waals surface area contributed by atoms with Gasteiger partial charge in [-0.25, -0.2) is 8.78 Å². The maximum absolute atomic E-state index is 14.0. The van der Waals surface area contributed by atoms with Crippen LogP contribution in [0, 0.1) is 18.6 Å². The summed E-state index contributed by atoms with van der Waals surface area (Å²) in [5.41, 5.74) is 2.86. The first-order valence-electron chi connectivity index (χ1n) is 6.87. The lowest BCUT2D eigenvalue weighted by molar-refractivity contribution is 0.587. The van der Waals surface area contributed by atoms with Crippen LogP contribution in [0.15, 0.2) is 36.4 Å². The molecule has 1 N–H and O–H groups in total. The van der Waals surface area contributed by atoms with E-state index >= 15 is 0 Å². The summed E-state index contributed by atoms with van der Waals surface area (Å²) in [4.78, 5) is 0. The van der Waals surface area contributed by atoms with Crippen molar-refractivity contribution in [2.75, 3.05) is 6.54 Å². The first-order valence-corrected chi connectivity index (χ1v) is 6.87. The Kier molecular flexibility index (Phi) is 4.85. The summed E-state index contributed by atoms with van der Waals surface area (Å²) in [5.74, 6) is -0.554. The van der Waals surface area contributed by atoms with Crippen LogP contribution >= 0.6 is 0 Å². The molecule has 2 aromatic rings. The Morgan fingerprint density at radius 2 is 1.80 bits per heavy atom. The highest BCUT2D eigenvalue weighted by Gasteiger charge is 2.06. The second kappa shape index (κ2) is 6.62. The van der Waals surface area contributed by atoms with E-state index in [9.17, 15) is 8.78 Å². The molecule has 0 aromatic heterocycles. The highest BCUT2D eigenvalue weighted by Crippen LogP contribution is 2.24. The molecular formula is C17H19F2N. The lowest BCUT2D eigenvalue weighted by Crippen LogP contribution is -2.14. The molecule has 0 aliphatic heterocycles. The third kappa shape index (κ3) is 3.64. The van der Waals surface area contributed by atoms with Crippen molar-refractivity contribution in [3.63, 3.8) is 0 Å². The van der Waals surface area contributed by atoms with Gasteiger partial charge in [0.25, 0.3) is 0 Å². The van der Waals surface area contributed by atoms with E-state index in [2.05, 4.69) is 12.2 Å². The van der Waals surface area contributed by atoms with Gasteiger partial charge in [0.05, 0.1) is 0 Å². The summed E-state index contributed by atoms with van der Waals surface area (Å²) >= 11 is 0. The Labute approximate surface area is 118 Å². The van der Waals surface area contributed by atoms with E-state index in [1.807, 2.05) is 19.1 Å². The first-order chi connectivity index (χ1) is 9.60. The van der Waals surface area contributed by atoms with Gasteiger partial charge in [-0.2, -0.15) is 0 Å². The third-order valence-corrected chi connectivity index (χ3v) is 3.17. The number of benzene rings is 2. The minimum Gasteiger partial charge on any atom is -0.313 e. The van der Waals surface area contributed by atoms with Crippen molar-refractivity contribution in [3.8, 4) is 11.1 Å². The van der Waals surface area contributed by atoms with Gasteiger partial charge in [0, 0.05) is 12.1 Å². The van der Waals surface area contributed by atoms with Crippen LogP contribution in [-0.2, 0) is 6.54 Å². The molecule has 0 aliphatic carbocycles. The second-order valence-corrected chi connectivity index (χ2v) is 5.00. The lowest BCUT2D eigenvalue weighted by atomic mass is 10.0. The molecule has 0 unspecified atom stereocenters. The van der Waals surface area contributed by atoms with Gasteiger partial charge in [-0.15, -0.1) is 0 Å². The minimum atomic E-state index is -0.297. The molecule has 0 atom stereocenters. The number of halogens is 2. The molecule has 0 saturated carbocycles. The monoisotopic (exact) mass is 275 g/mol. The van der Waals surface area contributed by atoms with Crippen molar-refractivity contribution in [1.82, 2.24) is 5.32 Å². The van der Waals surface area contributed by atoms with Crippen molar-refractivity contribution in [3.05, 3.63) is 59.2 Å². The van der Waals surface area contributed by atoms with E-state index < -0.39 is 0 Å². The number of rotatable bonds is 5. The van der Waals surface area contributed by atoms with Crippen LogP contribution < -0.4 is 5.32 Å². The first kappa shape index (κ1) is 14.7. The third-order valence-electron chi connectivity index (χ3n) is 3.17. The standard InChI is InChI=1S/C17H19F2N/c1-3-6-20-11-14-5-4-13(10-17(14)19)15-7-12(2)8-16(18)9-15/h4-5,7-10,20H,3,6,11H2,1-2H3. The molecular weight excluding hydrogens is 256 g/mol. The molecule has 0 aliphatic rings. The average Bonchev–Trinajstić information content (AvgIpc) is 2.39. The van der Waals surface area contributed by atoms with E-state index in [0.29, 0.717) is 23.2 Å². The summed E-state index contributed by atoms with van der Waals surface area (Å²) in [5, 5.41) is 3.17. The van der Waals surface area contributed by atoms with Crippen molar-refractivity contribution in [2.24, 2.45) is 0 Å². The molecule has 106 valence electrons. The van der Waals surface area contributed by atoms with Crippen LogP contribution in [0.4, 0.5) is 8.78 Å². The fourth-order valence-corrected chi connectivity index (χ4v) is 2.17. The summed E-state index contributed by atoms with van der Waals surface area (Å²) in [6.45, 7) is 5.27. The van der Waals surface area contributed by atoms with Crippen LogP contribution in [-0.4, -0.2) is 6.54 Å². The number of hydrogen-bond acceptors (Lipinski definition) is 1. The van der Waals surface area contributed by atoms with Crippen molar-refractivity contribution in [2.45, 2.75) is 26.8 Å². The molecule has 0 bridgehead atoms. The SMILES string of the molecule is CCCNCc1ccc(-c2cc(C)cc(F)c2)cc1F. The van der Waals surface area contributed by atoms with Gasteiger partial charge in [-0.1, -0.05) is 25.1 Å². The predicted molar refractivity (Wildman–Crippen MR) is 78.5 cm³/mol. The second-order valence-electron chi connectivity index (χ2n) is 5.00. The summed E-state index contributed by atoms with van der Waals surface area (Å²) in [6.07, 6.45) is 1.02. The minimum absolute atomic E-state index is 0.256. The van der Waals surface area contributed by atoms with Gasteiger partial charge >= 0.3 is 0 Å². The number of aryl methyl sites for hydroxylation is 1. The maximum atomic E-state index is 14.0. The Hall–Kier alpha value is -1.74. The molecule has 0 heterocycles. The van der Waals surface area contributed by atoms with Gasteiger partial charge in [-0.05, 0) is 54.8 Å². The van der Waals surface area contributed by atoms with E-state index in [-0.39, 0.29) is 11.6 Å². The van der Waals surface area contributed by atoms with E-state index in [4.69, 9.17) is 0 Å². The highest BCUT2D eigenvalue weighted by molar-refractivity contribution is 5.64. The predicted octanol–water partition coefficient (Wildman–Crippen LogP) is 4.44. The van der Waals surface area contributed by atoms with Gasteiger partial charge in [0.1, 0.15) is 11.6 Å². The largest absolute Gasteiger partial charge is 0.313 e. The molecule has 0 spiro atoms. The molecule has 2 aromatic carbocycles. The average molecular weight is 275 g/mol. The normalized spacial score (nSPS) is 10.8. The van der Waals surface area contributed by atoms with Crippen LogP contribution in [0.2, 0.25) is 0 Å². The summed E-state index contributed by atoms with van der Waals surface area (Å²) < 4.78 is 27.4. The number of hydrogen-bond donors (Lipinski definition) is 1. The zero-order valence-corrected chi connectivity index (χ0v) is 11.8. The molecule has 3 heteroatoms. The van der Waals surface area contributed by atoms with E-state index in [1.165, 1.54) is 18.2 Å². The summed E-state index contributed by atoms with van der Waals surface area (Å²) in [7, 11) is 0. The fraction of sp³-hybridized carbons (Fsp3) is 0.294. The molecule has 2 rings (SSSR count). The van der Waals surface area contributed by atoms with Gasteiger partial charge in [0.2, 0.25) is 0 Å². The van der Waals surface area contributed by atoms with Crippen molar-refractivity contribution >= 4 is 0 Å². The smallest absolute Gasteiger partial charge is 0.128 e. The highest BCUT2D eigenvalue weighted by atomic mass is 19.1. The molecule has 0 amide bonds. The molecule has 0 fully saturated rings. The fourth-order valence-electron chi connectivity index (χ4n) is 2.17. The molecule has 0 saturated heterocycles. The summed E-state index contributed by atoms with van der Waals surface area (Å²) in [6, 6.07) is 9.80. The Morgan fingerprint density at radius 3 is 2.45 bits per heavy atom. The Bertz CT molecular complexity index is 573. The Balaban J connectivity index is 2.23. The molecule has 1 nitrogen and oxygen atoms in total. The van der Waals surface area contributed by atoms with E-state index in [0.717, 1.165) is 18.5 Å². The van der Waals surface area contributed by atoms with Crippen molar-refractivity contribution in [1.29, 1.82) is 0 Å². The van der Waals surface area contributed by atoms with Gasteiger partial charge in [-0.3, -0.25) is 0 Å². The van der Waals surface area contributed by atoms with Crippen LogP contribution in [0.25, 0.3) is 11.1 Å². The van der Waals surface area contributed by atoms with Crippen LogP contribution in [0.5, 0.6) is 0 Å². The Morgan fingerprint density at radius 1 is 1.00 bits per heavy atom. The lowest BCUT2D eigenvalue weighted by Gasteiger charge is -2.08. The zero-order chi connectivity index (χ0) is 14.5. The van der Waals surface area contributed by atoms with Crippen molar-refractivity contribution < 1.29 is 8.78 Å². The molecule has 0 radical (unpaired) electrons. The zero-order valence-electron chi connectivity index (χ0n) is 11.8. The maximum Gasteiger partial charge on any atom is 0.128 e. The van der Waals surface area contributed by atoms with Crippen LogP contribution in [0.1, 0.15) is 24.5 Å². The number of nitrogens with one attached hydrogen (secondary N) is 1. The van der Waals surface area contributed by atoms with Crippen LogP contribution in [0.3, 0.4) is 0 Å². The van der Waals surface area contributed by atoms with Gasteiger partial charge in [0.15, 0.2) is 0 Å².